The Morgan fingerprint density at radius 2 is 1.69 bits per heavy atom. The average molecular weight is 526 g/mol. The maximum atomic E-state index is 14.7. The summed E-state index contributed by atoms with van der Waals surface area (Å²) in [5, 5.41) is 3.04. The Bertz CT molecular complexity index is 1630. The molecular weight excluding hydrogens is 496 g/mol. The van der Waals surface area contributed by atoms with Gasteiger partial charge in [0, 0.05) is 29.4 Å². The van der Waals surface area contributed by atoms with E-state index in [-0.39, 0.29) is 18.1 Å². The first-order chi connectivity index (χ1) is 18.7. The van der Waals surface area contributed by atoms with Gasteiger partial charge in [0.1, 0.15) is 29.7 Å². The topological polar surface area (TPSA) is 77.2 Å². The monoisotopic (exact) mass is 525 g/mol. The summed E-state index contributed by atoms with van der Waals surface area (Å²) in [4.78, 5) is 17.6. The quantitative estimate of drug-likeness (QED) is 0.296. The second-order valence-corrected chi connectivity index (χ2v) is 10.4. The molecule has 0 spiro atoms. The Morgan fingerprint density at radius 1 is 0.974 bits per heavy atom. The highest BCUT2D eigenvalue weighted by Gasteiger charge is 2.43. The van der Waals surface area contributed by atoms with E-state index in [2.05, 4.69) is 17.2 Å². The number of pyridine rings is 1. The van der Waals surface area contributed by atoms with Gasteiger partial charge < -0.3 is 15.8 Å². The van der Waals surface area contributed by atoms with Crippen molar-refractivity contribution in [3.63, 3.8) is 0 Å². The van der Waals surface area contributed by atoms with Gasteiger partial charge in [-0.3, -0.25) is 4.79 Å². The molecule has 2 aliphatic rings. The largest absolute Gasteiger partial charge is 0.384 e. The van der Waals surface area contributed by atoms with Crippen LogP contribution in [-0.4, -0.2) is 10.9 Å². The van der Waals surface area contributed by atoms with Gasteiger partial charge in [-0.1, -0.05) is 31.5 Å². The van der Waals surface area contributed by atoms with E-state index in [1.807, 2.05) is 49.4 Å². The predicted octanol–water partition coefficient (Wildman–Crippen LogP) is 6.63. The summed E-state index contributed by atoms with van der Waals surface area (Å²) >= 11 is 0. The number of nitrogen functional groups attached to an aromatic ring is 1. The second-order valence-electron chi connectivity index (χ2n) is 10.4. The van der Waals surface area contributed by atoms with Crippen molar-refractivity contribution in [2.45, 2.75) is 52.4 Å². The number of benzene rings is 3. The van der Waals surface area contributed by atoms with E-state index >= 15 is 0 Å². The van der Waals surface area contributed by atoms with Crippen LogP contribution in [0.4, 0.5) is 14.6 Å². The van der Waals surface area contributed by atoms with Crippen LogP contribution in [0.25, 0.3) is 11.1 Å². The molecule has 6 rings (SSSR count). The minimum Gasteiger partial charge on any atom is -0.384 e. The maximum absolute atomic E-state index is 14.7. The number of rotatable bonds is 6. The molecule has 2 atom stereocenters. The van der Waals surface area contributed by atoms with Crippen LogP contribution in [0.5, 0.6) is 0 Å². The number of aryl methyl sites for hydroxylation is 3. The van der Waals surface area contributed by atoms with Crippen molar-refractivity contribution in [2.24, 2.45) is 0 Å². The molecule has 0 aliphatic carbocycles. The summed E-state index contributed by atoms with van der Waals surface area (Å²) in [6.07, 6.45) is 1.25. The molecule has 3 heterocycles. The van der Waals surface area contributed by atoms with Crippen molar-refractivity contribution in [3.8, 4) is 11.1 Å². The molecule has 0 saturated carbocycles. The number of amides is 1. The Kier molecular flexibility index (Phi) is 6.19. The summed E-state index contributed by atoms with van der Waals surface area (Å²) in [6, 6.07) is 15.5. The van der Waals surface area contributed by atoms with Crippen LogP contribution in [0.15, 0.2) is 54.6 Å². The van der Waals surface area contributed by atoms with E-state index in [1.54, 1.807) is 6.92 Å². The molecule has 5 nitrogen and oxygen atoms in total. The molecule has 198 valence electrons. The lowest BCUT2D eigenvalue weighted by molar-refractivity contribution is 0.0857. The lowest BCUT2D eigenvalue weighted by Gasteiger charge is -2.19. The number of hydrogen-bond acceptors (Lipinski definition) is 4. The molecule has 3 N–H and O–H groups in total. The molecule has 0 fully saturated rings. The fraction of sp³-hybridized carbons (Fsp3) is 0.250. The number of fused-ring (bicyclic) bond motifs is 8. The van der Waals surface area contributed by atoms with Gasteiger partial charge >= 0.3 is 0 Å². The third-order valence-electron chi connectivity index (χ3n) is 7.77. The van der Waals surface area contributed by atoms with E-state index in [0.717, 1.165) is 58.0 Å². The molecule has 4 aromatic rings. The van der Waals surface area contributed by atoms with Crippen LogP contribution in [0.3, 0.4) is 0 Å². The average Bonchev–Trinajstić information content (AvgIpc) is 3.44. The number of anilines is 1. The van der Waals surface area contributed by atoms with Crippen molar-refractivity contribution >= 4 is 11.7 Å². The first-order valence-corrected chi connectivity index (χ1v) is 13.2. The Balaban J connectivity index is 1.27. The highest BCUT2D eigenvalue weighted by atomic mass is 19.1. The molecule has 1 aromatic heterocycles. The van der Waals surface area contributed by atoms with Crippen molar-refractivity contribution in [1.82, 2.24) is 10.3 Å². The first kappa shape index (κ1) is 25.2. The van der Waals surface area contributed by atoms with Gasteiger partial charge in [0.25, 0.3) is 5.91 Å². The van der Waals surface area contributed by atoms with Crippen LogP contribution in [-0.2, 0) is 17.7 Å². The van der Waals surface area contributed by atoms with Gasteiger partial charge in [-0.15, -0.1) is 0 Å². The van der Waals surface area contributed by atoms with Crippen LogP contribution in [0.1, 0.15) is 80.5 Å². The third kappa shape index (κ3) is 4.27. The van der Waals surface area contributed by atoms with Gasteiger partial charge in [0.2, 0.25) is 0 Å². The molecule has 3 aromatic carbocycles. The highest BCUT2D eigenvalue weighted by Crippen LogP contribution is 2.55. The van der Waals surface area contributed by atoms with Gasteiger partial charge in [-0.2, -0.15) is 0 Å². The first-order valence-electron chi connectivity index (χ1n) is 13.2. The van der Waals surface area contributed by atoms with Crippen molar-refractivity contribution in [1.29, 1.82) is 0 Å². The fourth-order valence-electron chi connectivity index (χ4n) is 6.01. The minimum absolute atomic E-state index is 0.183. The van der Waals surface area contributed by atoms with E-state index < -0.39 is 11.6 Å². The Hall–Kier alpha value is -4.10. The van der Waals surface area contributed by atoms with Crippen molar-refractivity contribution in [3.05, 3.63) is 116 Å². The molecule has 0 radical (unpaired) electrons. The maximum Gasteiger partial charge on any atom is 0.251 e. The lowest BCUT2D eigenvalue weighted by Crippen LogP contribution is -2.24. The normalized spacial score (nSPS) is 16.7. The van der Waals surface area contributed by atoms with E-state index in [0.29, 0.717) is 34.6 Å². The molecular formula is C32H29F2N3O2. The molecule has 2 bridgehead atoms. The second kappa shape index (κ2) is 9.58. The number of aromatic nitrogens is 1. The molecule has 0 unspecified atom stereocenters. The third-order valence-corrected chi connectivity index (χ3v) is 7.77. The van der Waals surface area contributed by atoms with E-state index in [9.17, 15) is 13.6 Å². The van der Waals surface area contributed by atoms with Crippen LogP contribution in [0, 0.1) is 25.5 Å². The fourth-order valence-corrected chi connectivity index (χ4v) is 6.01. The number of halogens is 2. The zero-order chi connectivity index (χ0) is 27.4. The van der Waals surface area contributed by atoms with Gasteiger partial charge in [-0.05, 0) is 95.1 Å². The number of ether oxygens (including phenoxy) is 1. The summed E-state index contributed by atoms with van der Waals surface area (Å²) in [5.41, 5.74) is 14.9. The summed E-state index contributed by atoms with van der Waals surface area (Å²) < 4.78 is 34.7. The number of carbonyl (C=O) groups excluding carboxylic acids is 1. The number of nitrogens with two attached hydrogens (primary N) is 1. The van der Waals surface area contributed by atoms with Crippen molar-refractivity contribution < 1.29 is 18.3 Å². The minimum atomic E-state index is -0.596. The van der Waals surface area contributed by atoms with Crippen LogP contribution >= 0.6 is 0 Å². The SMILES string of the molecule is CCCc1cc(N)nc(C)c1CNC(=O)c1ccc2c(c1)[C@@H]1O[C@H]2c2ccc(-c3c(C)cc(F)cc3F)cc21. The number of nitrogens with zero attached hydrogens (tertiary/aromatic N) is 1. The standard InChI is InChI=1S/C32H29F2N3O2/c1-4-5-18-13-28(35)37-17(3)26(18)15-36-32(38)20-7-9-23-25(12-20)31-24-11-19(6-8-22(24)30(23)39-31)29-16(2)10-21(33)14-27(29)34/h6-14,30-31H,4-5,15H2,1-3H3,(H2,35,37)(H,36,38)/t30-,31+/m0/s1. The Labute approximate surface area is 226 Å². The van der Waals surface area contributed by atoms with Gasteiger partial charge in [0.15, 0.2) is 0 Å². The molecule has 39 heavy (non-hydrogen) atoms. The number of hydrogen-bond donors (Lipinski definition) is 2. The number of nitrogens with one attached hydrogen (secondary N) is 1. The summed E-state index contributed by atoms with van der Waals surface area (Å²) in [5.74, 6) is -0.886. The van der Waals surface area contributed by atoms with Gasteiger partial charge in [-0.25, -0.2) is 13.8 Å². The van der Waals surface area contributed by atoms with E-state index in [1.165, 1.54) is 6.07 Å². The predicted molar refractivity (Wildman–Crippen MR) is 146 cm³/mol. The lowest BCUT2D eigenvalue weighted by atomic mass is 9.83. The van der Waals surface area contributed by atoms with Crippen LogP contribution in [0.2, 0.25) is 0 Å². The molecule has 2 aliphatic heterocycles. The number of carbonyl (C=O) groups is 1. The summed E-state index contributed by atoms with van der Waals surface area (Å²) in [7, 11) is 0. The molecule has 0 saturated heterocycles. The zero-order valence-electron chi connectivity index (χ0n) is 22.1. The Morgan fingerprint density at radius 3 is 2.44 bits per heavy atom. The van der Waals surface area contributed by atoms with E-state index in [4.69, 9.17) is 10.5 Å². The zero-order valence-corrected chi connectivity index (χ0v) is 22.1. The van der Waals surface area contributed by atoms with Gasteiger partial charge in [0.05, 0.1) is 0 Å². The summed E-state index contributed by atoms with van der Waals surface area (Å²) in [6.45, 7) is 6.07. The molecule has 7 heteroatoms. The van der Waals surface area contributed by atoms with Crippen LogP contribution < -0.4 is 11.1 Å². The molecule has 1 amide bonds. The highest BCUT2D eigenvalue weighted by molar-refractivity contribution is 5.94. The smallest absolute Gasteiger partial charge is 0.251 e. The van der Waals surface area contributed by atoms with Crippen molar-refractivity contribution in [2.75, 3.05) is 5.73 Å².